The first-order valence-electron chi connectivity index (χ1n) is 6.66. The lowest BCUT2D eigenvalue weighted by molar-refractivity contribution is -0.121. The van der Waals surface area contributed by atoms with Crippen LogP contribution in [0, 0.1) is 0 Å². The van der Waals surface area contributed by atoms with E-state index in [1.54, 1.807) is 18.2 Å². The van der Waals surface area contributed by atoms with Crippen molar-refractivity contribution in [1.82, 2.24) is 5.32 Å². The van der Waals surface area contributed by atoms with Gasteiger partial charge in [-0.15, -0.1) is 0 Å². The van der Waals surface area contributed by atoms with Crippen LogP contribution in [0.4, 0.5) is 11.4 Å². The number of nitrogen functional groups attached to an aromatic ring is 1. The zero-order chi connectivity index (χ0) is 15.1. The fraction of sp³-hybridized carbons (Fsp3) is 0.429. The summed E-state index contributed by atoms with van der Waals surface area (Å²) in [5, 5.41) is 5.91. The van der Waals surface area contributed by atoms with Crippen molar-refractivity contribution in [3.8, 4) is 0 Å². The van der Waals surface area contributed by atoms with Crippen molar-refractivity contribution in [2.45, 2.75) is 32.7 Å². The van der Waals surface area contributed by atoms with E-state index in [0.717, 1.165) is 6.42 Å². The Balaban J connectivity index is 2.51. The minimum atomic E-state index is -0.512. The molecule has 0 radical (unpaired) electrons. The van der Waals surface area contributed by atoms with E-state index in [2.05, 4.69) is 10.6 Å². The van der Waals surface area contributed by atoms with Crippen molar-refractivity contribution < 1.29 is 9.59 Å². The Morgan fingerprint density at radius 3 is 2.65 bits per heavy atom. The molecule has 0 spiro atoms. The summed E-state index contributed by atoms with van der Waals surface area (Å²) in [5.74, 6) is -0.529. The second-order valence-corrected chi connectivity index (χ2v) is 4.72. The van der Waals surface area contributed by atoms with Gasteiger partial charge < -0.3 is 22.1 Å². The van der Waals surface area contributed by atoms with Crippen LogP contribution in [0.15, 0.2) is 18.2 Å². The normalized spacial score (nSPS) is 11.7. The second-order valence-electron chi connectivity index (χ2n) is 4.72. The lowest BCUT2D eigenvalue weighted by atomic mass is 10.1. The largest absolute Gasteiger partial charge is 0.397 e. The third-order valence-corrected chi connectivity index (χ3v) is 3.03. The Labute approximate surface area is 118 Å². The molecule has 0 aromatic heterocycles. The van der Waals surface area contributed by atoms with Crippen molar-refractivity contribution in [2.24, 2.45) is 5.73 Å². The molecule has 20 heavy (non-hydrogen) atoms. The van der Waals surface area contributed by atoms with Crippen LogP contribution in [0.3, 0.4) is 0 Å². The fourth-order valence-electron chi connectivity index (χ4n) is 1.62. The first kappa shape index (κ1) is 15.8. The molecule has 1 aromatic carbocycles. The smallest absolute Gasteiger partial charge is 0.248 e. The molecule has 0 saturated heterocycles. The molecular weight excluding hydrogens is 256 g/mol. The molecule has 1 atom stereocenters. The van der Waals surface area contributed by atoms with Crippen LogP contribution in [0.2, 0.25) is 0 Å². The Hall–Kier alpha value is -2.24. The minimum absolute atomic E-state index is 0.0172. The van der Waals surface area contributed by atoms with E-state index in [9.17, 15) is 9.59 Å². The van der Waals surface area contributed by atoms with Gasteiger partial charge in [0.05, 0.1) is 11.4 Å². The summed E-state index contributed by atoms with van der Waals surface area (Å²) >= 11 is 0. The summed E-state index contributed by atoms with van der Waals surface area (Å²) in [6.45, 7) is 4.41. The molecule has 0 heterocycles. The maximum absolute atomic E-state index is 11.6. The first-order valence-corrected chi connectivity index (χ1v) is 6.66. The van der Waals surface area contributed by atoms with E-state index in [1.807, 2.05) is 13.8 Å². The molecule has 2 amide bonds. The highest BCUT2D eigenvalue weighted by Crippen LogP contribution is 2.19. The van der Waals surface area contributed by atoms with E-state index in [4.69, 9.17) is 11.5 Å². The van der Waals surface area contributed by atoms with Gasteiger partial charge in [-0.1, -0.05) is 6.92 Å². The van der Waals surface area contributed by atoms with E-state index < -0.39 is 5.91 Å². The molecule has 1 aromatic rings. The number of nitrogens with two attached hydrogens (primary N) is 2. The second kappa shape index (κ2) is 7.37. The van der Waals surface area contributed by atoms with Gasteiger partial charge in [-0.05, 0) is 31.5 Å². The Morgan fingerprint density at radius 1 is 1.35 bits per heavy atom. The van der Waals surface area contributed by atoms with Crippen molar-refractivity contribution in [2.75, 3.05) is 17.6 Å². The third kappa shape index (κ3) is 4.79. The van der Waals surface area contributed by atoms with Crippen molar-refractivity contribution >= 4 is 23.2 Å². The standard InChI is InChI=1S/C14H22N4O2/c1-3-9(2)18-13(19)6-7-17-12-8-10(14(16)20)4-5-11(12)15/h4-5,8-9,17H,3,6-7,15H2,1-2H3,(H2,16,20)(H,18,19). The summed E-state index contributed by atoms with van der Waals surface area (Å²) in [6, 6.07) is 4.94. The van der Waals surface area contributed by atoms with Crippen LogP contribution in [0.25, 0.3) is 0 Å². The topological polar surface area (TPSA) is 110 Å². The summed E-state index contributed by atoms with van der Waals surface area (Å²) < 4.78 is 0. The SMILES string of the molecule is CCC(C)NC(=O)CCNc1cc(C(N)=O)ccc1N. The molecule has 6 N–H and O–H groups in total. The van der Waals surface area contributed by atoms with Gasteiger partial charge in [0.2, 0.25) is 11.8 Å². The molecule has 0 aliphatic heterocycles. The molecule has 0 aliphatic rings. The summed E-state index contributed by atoms with van der Waals surface area (Å²) in [4.78, 5) is 22.7. The number of nitrogens with one attached hydrogen (secondary N) is 2. The summed E-state index contributed by atoms with van der Waals surface area (Å²) in [5.41, 5.74) is 12.5. The van der Waals surface area contributed by atoms with Gasteiger partial charge in [-0.2, -0.15) is 0 Å². The number of carbonyl (C=O) groups is 2. The molecule has 6 heteroatoms. The quantitative estimate of drug-likeness (QED) is 0.559. The maximum atomic E-state index is 11.6. The lowest BCUT2D eigenvalue weighted by Crippen LogP contribution is -2.33. The van der Waals surface area contributed by atoms with Gasteiger partial charge in [0.25, 0.3) is 0 Å². The van der Waals surface area contributed by atoms with E-state index in [1.165, 1.54) is 0 Å². The molecule has 1 rings (SSSR count). The number of amides is 2. The zero-order valence-electron chi connectivity index (χ0n) is 11.9. The van der Waals surface area contributed by atoms with Crippen LogP contribution >= 0.6 is 0 Å². The minimum Gasteiger partial charge on any atom is -0.397 e. The fourth-order valence-corrected chi connectivity index (χ4v) is 1.62. The van der Waals surface area contributed by atoms with E-state index in [0.29, 0.717) is 29.9 Å². The molecule has 1 unspecified atom stereocenters. The average Bonchev–Trinajstić information content (AvgIpc) is 2.40. The molecule has 0 bridgehead atoms. The van der Waals surface area contributed by atoms with Crippen LogP contribution in [0.5, 0.6) is 0 Å². The van der Waals surface area contributed by atoms with Gasteiger partial charge in [-0.25, -0.2) is 0 Å². The molecule has 0 saturated carbocycles. The zero-order valence-corrected chi connectivity index (χ0v) is 11.9. The average molecular weight is 278 g/mol. The number of hydrogen-bond acceptors (Lipinski definition) is 4. The van der Waals surface area contributed by atoms with Crippen molar-refractivity contribution in [3.05, 3.63) is 23.8 Å². The predicted molar refractivity (Wildman–Crippen MR) is 80.4 cm³/mol. The maximum Gasteiger partial charge on any atom is 0.248 e. The first-order chi connectivity index (χ1) is 9.43. The Morgan fingerprint density at radius 2 is 2.05 bits per heavy atom. The van der Waals surface area contributed by atoms with Gasteiger partial charge in [0, 0.05) is 24.6 Å². The van der Waals surface area contributed by atoms with E-state index in [-0.39, 0.29) is 11.9 Å². The third-order valence-electron chi connectivity index (χ3n) is 3.03. The highest BCUT2D eigenvalue weighted by Gasteiger charge is 2.07. The number of rotatable bonds is 7. The highest BCUT2D eigenvalue weighted by molar-refractivity contribution is 5.95. The Bertz CT molecular complexity index is 488. The molecule has 0 fully saturated rings. The van der Waals surface area contributed by atoms with Crippen LogP contribution in [-0.2, 0) is 4.79 Å². The van der Waals surface area contributed by atoms with Crippen LogP contribution < -0.4 is 22.1 Å². The number of anilines is 2. The number of carbonyl (C=O) groups excluding carboxylic acids is 2. The van der Waals surface area contributed by atoms with Gasteiger partial charge in [0.1, 0.15) is 0 Å². The lowest BCUT2D eigenvalue weighted by Gasteiger charge is -2.13. The van der Waals surface area contributed by atoms with Crippen LogP contribution in [0.1, 0.15) is 37.0 Å². The van der Waals surface area contributed by atoms with E-state index >= 15 is 0 Å². The summed E-state index contributed by atoms with van der Waals surface area (Å²) in [7, 11) is 0. The van der Waals surface area contributed by atoms with Gasteiger partial charge in [0.15, 0.2) is 0 Å². The Kier molecular flexibility index (Phi) is 5.83. The number of hydrogen-bond donors (Lipinski definition) is 4. The summed E-state index contributed by atoms with van der Waals surface area (Å²) in [6.07, 6.45) is 1.23. The molecule has 0 aliphatic carbocycles. The number of benzene rings is 1. The van der Waals surface area contributed by atoms with Crippen molar-refractivity contribution in [3.63, 3.8) is 0 Å². The molecule has 110 valence electrons. The van der Waals surface area contributed by atoms with Gasteiger partial charge in [-0.3, -0.25) is 9.59 Å². The van der Waals surface area contributed by atoms with Gasteiger partial charge >= 0.3 is 0 Å². The monoisotopic (exact) mass is 278 g/mol. The highest BCUT2D eigenvalue weighted by atomic mass is 16.2. The molecule has 6 nitrogen and oxygen atoms in total. The van der Waals surface area contributed by atoms with Crippen molar-refractivity contribution in [1.29, 1.82) is 0 Å². The number of primary amides is 1. The van der Waals surface area contributed by atoms with Crippen LogP contribution in [-0.4, -0.2) is 24.4 Å². The molecular formula is C14H22N4O2. The predicted octanol–water partition coefficient (Wildman–Crippen LogP) is 1.08.